The van der Waals surface area contributed by atoms with E-state index in [-0.39, 0.29) is 17.1 Å². The minimum atomic E-state index is -0.279. The van der Waals surface area contributed by atoms with Gasteiger partial charge in [0, 0.05) is 44.0 Å². The molecule has 0 atom stereocenters. The number of amides is 1. The number of hydrogen-bond donors (Lipinski definition) is 0. The summed E-state index contributed by atoms with van der Waals surface area (Å²) < 4.78 is 7.11. The molecule has 0 spiro atoms. The van der Waals surface area contributed by atoms with Crippen molar-refractivity contribution in [2.45, 2.75) is 27.3 Å². The van der Waals surface area contributed by atoms with Crippen molar-refractivity contribution in [3.8, 4) is 0 Å². The van der Waals surface area contributed by atoms with Gasteiger partial charge in [-0.05, 0) is 12.8 Å². The Kier molecular flexibility index (Phi) is 4.80. The molecule has 2 aromatic heterocycles. The zero-order chi connectivity index (χ0) is 16.3. The first-order valence-electron chi connectivity index (χ1n) is 7.23. The van der Waals surface area contributed by atoms with E-state index in [4.69, 9.17) is 4.42 Å². The van der Waals surface area contributed by atoms with Crippen molar-refractivity contribution in [3.05, 3.63) is 51.8 Å². The Morgan fingerprint density at radius 1 is 1.41 bits per heavy atom. The molecule has 0 aliphatic heterocycles. The van der Waals surface area contributed by atoms with Crippen molar-refractivity contribution in [3.63, 3.8) is 0 Å². The topological polar surface area (TPSA) is 68.3 Å². The summed E-state index contributed by atoms with van der Waals surface area (Å²) in [5.41, 5.74) is 0.712. The summed E-state index contributed by atoms with van der Waals surface area (Å²) in [7, 11) is 1.83. The Balaban J connectivity index is 2.27. The molecule has 0 aromatic carbocycles. The largest absolute Gasteiger partial charge is 0.456 e. The van der Waals surface area contributed by atoms with Crippen LogP contribution in [0.15, 0.2) is 33.7 Å². The first kappa shape index (κ1) is 16.0. The van der Waals surface area contributed by atoms with E-state index in [1.165, 1.54) is 12.1 Å². The fraction of sp³-hybridized carbons (Fsp3) is 0.438. The second kappa shape index (κ2) is 6.60. The third kappa shape index (κ3) is 4.07. The minimum Gasteiger partial charge on any atom is -0.456 e. The highest BCUT2D eigenvalue weighted by molar-refractivity contribution is 5.91. The van der Waals surface area contributed by atoms with Gasteiger partial charge in [0.25, 0.3) is 5.91 Å². The van der Waals surface area contributed by atoms with Gasteiger partial charge < -0.3 is 9.32 Å². The van der Waals surface area contributed by atoms with Crippen LogP contribution in [0.3, 0.4) is 0 Å². The predicted octanol–water partition coefficient (Wildman–Crippen LogP) is 1.98. The van der Waals surface area contributed by atoms with Crippen LogP contribution < -0.4 is 5.43 Å². The molecule has 6 heteroatoms. The summed E-state index contributed by atoms with van der Waals surface area (Å²) in [6.07, 6.45) is 3.60. The van der Waals surface area contributed by atoms with Gasteiger partial charge in [0.2, 0.25) is 0 Å². The Morgan fingerprint density at radius 2 is 2.14 bits per heavy atom. The van der Waals surface area contributed by atoms with Crippen LogP contribution in [0.5, 0.6) is 0 Å². The van der Waals surface area contributed by atoms with E-state index in [1.807, 2.05) is 27.1 Å². The molecule has 0 aliphatic rings. The lowest BCUT2D eigenvalue weighted by Crippen LogP contribution is -2.34. The maximum absolute atomic E-state index is 12.7. The van der Waals surface area contributed by atoms with E-state index >= 15 is 0 Å². The van der Waals surface area contributed by atoms with Gasteiger partial charge in [-0.2, -0.15) is 5.10 Å². The van der Waals surface area contributed by atoms with Gasteiger partial charge in [-0.15, -0.1) is 0 Å². The SMILES string of the molecule is Cc1cc(=O)cc(C(=O)N(Cc2cnn(C)c2)CC(C)C)o1. The molecule has 0 fully saturated rings. The fourth-order valence-corrected chi connectivity index (χ4v) is 2.30. The van der Waals surface area contributed by atoms with Gasteiger partial charge in [-0.25, -0.2) is 0 Å². The van der Waals surface area contributed by atoms with Crippen LogP contribution in [-0.2, 0) is 13.6 Å². The molecule has 0 radical (unpaired) electrons. The summed E-state index contributed by atoms with van der Waals surface area (Å²) in [5, 5.41) is 4.11. The van der Waals surface area contributed by atoms with Crippen LogP contribution in [0, 0.1) is 12.8 Å². The maximum Gasteiger partial charge on any atom is 0.290 e. The molecule has 0 N–H and O–H groups in total. The molecule has 22 heavy (non-hydrogen) atoms. The Bertz CT molecular complexity index is 715. The lowest BCUT2D eigenvalue weighted by molar-refractivity contribution is 0.0685. The van der Waals surface area contributed by atoms with Crippen molar-refractivity contribution < 1.29 is 9.21 Å². The average Bonchev–Trinajstić information content (AvgIpc) is 2.81. The Morgan fingerprint density at radius 3 is 2.68 bits per heavy atom. The second-order valence-corrected chi connectivity index (χ2v) is 5.87. The predicted molar refractivity (Wildman–Crippen MR) is 82.5 cm³/mol. The number of hydrogen-bond acceptors (Lipinski definition) is 4. The van der Waals surface area contributed by atoms with Crippen LogP contribution in [0.25, 0.3) is 0 Å². The van der Waals surface area contributed by atoms with Crippen LogP contribution >= 0.6 is 0 Å². The summed E-state index contributed by atoms with van der Waals surface area (Å²) in [6.45, 7) is 6.74. The van der Waals surface area contributed by atoms with Crippen molar-refractivity contribution in [2.24, 2.45) is 13.0 Å². The minimum absolute atomic E-state index is 0.0783. The van der Waals surface area contributed by atoms with Gasteiger partial charge in [-0.3, -0.25) is 14.3 Å². The smallest absolute Gasteiger partial charge is 0.290 e. The van der Waals surface area contributed by atoms with Crippen molar-refractivity contribution >= 4 is 5.91 Å². The van der Waals surface area contributed by atoms with Crippen molar-refractivity contribution in [1.82, 2.24) is 14.7 Å². The number of nitrogens with zero attached hydrogens (tertiary/aromatic N) is 3. The summed E-state index contributed by atoms with van der Waals surface area (Å²) in [5.74, 6) is 0.534. The summed E-state index contributed by atoms with van der Waals surface area (Å²) in [6, 6.07) is 2.61. The number of carbonyl (C=O) groups is 1. The zero-order valence-electron chi connectivity index (χ0n) is 13.4. The zero-order valence-corrected chi connectivity index (χ0v) is 13.4. The lowest BCUT2D eigenvalue weighted by Gasteiger charge is -2.23. The monoisotopic (exact) mass is 303 g/mol. The van der Waals surface area contributed by atoms with Gasteiger partial charge >= 0.3 is 0 Å². The molecule has 0 saturated heterocycles. The molecule has 2 heterocycles. The number of rotatable bonds is 5. The highest BCUT2D eigenvalue weighted by atomic mass is 16.3. The van der Waals surface area contributed by atoms with Gasteiger partial charge in [0.1, 0.15) is 5.76 Å². The van der Waals surface area contributed by atoms with E-state index in [1.54, 1.807) is 22.7 Å². The van der Waals surface area contributed by atoms with Crippen LogP contribution in [0.4, 0.5) is 0 Å². The van der Waals surface area contributed by atoms with Crippen LogP contribution in [-0.4, -0.2) is 27.1 Å². The Labute approximate surface area is 129 Å². The molecule has 0 saturated carbocycles. The van der Waals surface area contributed by atoms with E-state index in [2.05, 4.69) is 5.10 Å². The Hall–Kier alpha value is -2.37. The molecule has 2 aromatic rings. The van der Waals surface area contributed by atoms with Gasteiger partial charge in [0.15, 0.2) is 11.2 Å². The van der Waals surface area contributed by atoms with Crippen LogP contribution in [0.1, 0.15) is 35.7 Å². The van der Waals surface area contributed by atoms with E-state index in [9.17, 15) is 9.59 Å². The number of aromatic nitrogens is 2. The number of carbonyl (C=O) groups excluding carboxylic acids is 1. The molecule has 2 rings (SSSR count). The molecule has 0 bridgehead atoms. The van der Waals surface area contributed by atoms with Crippen molar-refractivity contribution in [2.75, 3.05) is 6.54 Å². The molecule has 6 nitrogen and oxygen atoms in total. The molecule has 118 valence electrons. The molecule has 0 unspecified atom stereocenters. The standard InChI is InChI=1S/C16H21N3O3/c1-11(2)8-19(10-13-7-17-18(4)9-13)16(21)15-6-14(20)5-12(3)22-15/h5-7,9,11H,8,10H2,1-4H3. The van der Waals surface area contributed by atoms with Gasteiger partial charge in [-0.1, -0.05) is 13.8 Å². The summed E-state index contributed by atoms with van der Waals surface area (Å²) >= 11 is 0. The quantitative estimate of drug-likeness (QED) is 0.847. The molecule has 1 amide bonds. The highest BCUT2D eigenvalue weighted by Gasteiger charge is 2.20. The normalized spacial score (nSPS) is 11.0. The van der Waals surface area contributed by atoms with Gasteiger partial charge in [0.05, 0.1) is 6.20 Å². The number of aryl methyl sites for hydroxylation is 2. The molecule has 0 aliphatic carbocycles. The third-order valence-corrected chi connectivity index (χ3v) is 3.11. The molecular formula is C16H21N3O3. The first-order chi connectivity index (χ1) is 10.3. The fourth-order valence-electron chi connectivity index (χ4n) is 2.30. The van der Waals surface area contributed by atoms with Crippen LogP contribution in [0.2, 0.25) is 0 Å². The highest BCUT2D eigenvalue weighted by Crippen LogP contribution is 2.12. The van der Waals surface area contributed by atoms with E-state index in [0.29, 0.717) is 24.8 Å². The first-order valence-corrected chi connectivity index (χ1v) is 7.23. The second-order valence-electron chi connectivity index (χ2n) is 5.87. The van der Waals surface area contributed by atoms with E-state index in [0.717, 1.165) is 5.56 Å². The summed E-state index contributed by atoms with van der Waals surface area (Å²) in [4.78, 5) is 25.9. The maximum atomic E-state index is 12.7. The van der Waals surface area contributed by atoms with Crippen molar-refractivity contribution in [1.29, 1.82) is 0 Å². The third-order valence-electron chi connectivity index (χ3n) is 3.11. The molecular weight excluding hydrogens is 282 g/mol. The average molecular weight is 303 g/mol. The van der Waals surface area contributed by atoms with E-state index < -0.39 is 0 Å². The lowest BCUT2D eigenvalue weighted by atomic mass is 10.2.